The lowest BCUT2D eigenvalue weighted by Crippen LogP contribution is -2.27. The Hall–Kier alpha value is -3.33. The number of hydrogen-bond donors (Lipinski definition) is 2. The number of hydrogen-bond acceptors (Lipinski definition) is 4. The van der Waals surface area contributed by atoms with E-state index in [4.69, 9.17) is 0 Å². The zero-order valence-corrected chi connectivity index (χ0v) is 16.5. The van der Waals surface area contributed by atoms with Gasteiger partial charge in [0.1, 0.15) is 5.75 Å². The first-order chi connectivity index (χ1) is 14.1. The molecule has 2 aromatic carbocycles. The zero-order chi connectivity index (χ0) is 22.1. The molecule has 0 unspecified atom stereocenters. The van der Waals surface area contributed by atoms with Crippen LogP contribution in [0.25, 0.3) is 6.08 Å². The van der Waals surface area contributed by atoms with E-state index in [1.807, 2.05) is 0 Å². The van der Waals surface area contributed by atoms with Crippen LogP contribution in [0, 0.1) is 0 Å². The number of para-hydroxylation sites is 1. The van der Waals surface area contributed by atoms with Gasteiger partial charge in [0.15, 0.2) is 0 Å². The number of benzene rings is 2. The van der Waals surface area contributed by atoms with Crippen LogP contribution in [0.5, 0.6) is 5.75 Å². The minimum Gasteiger partial charge on any atom is -0.405 e. The Balaban J connectivity index is 1.94. The van der Waals surface area contributed by atoms with Gasteiger partial charge in [-0.15, -0.1) is 13.2 Å². The summed E-state index contributed by atoms with van der Waals surface area (Å²) in [7, 11) is 3.57. The maximum Gasteiger partial charge on any atom is 0.573 e. The number of alkyl halides is 3. The van der Waals surface area contributed by atoms with Crippen LogP contribution >= 0.6 is 0 Å². The van der Waals surface area contributed by atoms with Crippen molar-refractivity contribution in [2.45, 2.75) is 12.9 Å². The molecule has 0 aliphatic carbocycles. The number of halogens is 3. The average Bonchev–Trinajstić information content (AvgIpc) is 2.64. The van der Waals surface area contributed by atoms with E-state index in [2.05, 4.69) is 15.4 Å². The van der Waals surface area contributed by atoms with Crippen LogP contribution in [0.15, 0.2) is 54.6 Å². The van der Waals surface area contributed by atoms with E-state index in [0.29, 0.717) is 5.69 Å². The summed E-state index contributed by atoms with van der Waals surface area (Å²) in [6.45, 7) is 0.423. The number of nitrogens with one attached hydrogen (secondary N) is 2. The van der Waals surface area contributed by atoms with Gasteiger partial charge < -0.3 is 20.3 Å². The summed E-state index contributed by atoms with van der Waals surface area (Å²) < 4.78 is 41.3. The molecule has 2 aromatic rings. The smallest absolute Gasteiger partial charge is 0.405 e. The van der Waals surface area contributed by atoms with E-state index in [1.54, 1.807) is 43.3 Å². The Labute approximate surface area is 172 Å². The van der Waals surface area contributed by atoms with Gasteiger partial charge in [0.2, 0.25) is 11.8 Å². The van der Waals surface area contributed by atoms with Gasteiger partial charge in [0, 0.05) is 23.9 Å². The van der Waals surface area contributed by atoms with Crippen molar-refractivity contribution in [2.24, 2.45) is 0 Å². The molecule has 30 heavy (non-hydrogen) atoms. The number of anilines is 1. The molecule has 0 aromatic heterocycles. The zero-order valence-electron chi connectivity index (χ0n) is 16.5. The molecule has 2 N–H and O–H groups in total. The Morgan fingerprint density at radius 1 is 1.10 bits per heavy atom. The lowest BCUT2D eigenvalue weighted by molar-refractivity contribution is -0.274. The molecule has 6 nitrogen and oxygen atoms in total. The fourth-order valence-corrected chi connectivity index (χ4v) is 2.50. The summed E-state index contributed by atoms with van der Waals surface area (Å²) >= 11 is 0. The third-order valence-corrected chi connectivity index (χ3v) is 3.70. The first-order valence-electron chi connectivity index (χ1n) is 8.96. The molecule has 0 saturated carbocycles. The normalized spacial score (nSPS) is 11.5. The summed E-state index contributed by atoms with van der Waals surface area (Å²) in [5.41, 5.74) is 1.47. The SMILES string of the molecule is CN(C)CC(=O)Nc1cccc(CNC(=O)C=Cc2ccccc2OC(F)(F)F)c1. The van der Waals surface area contributed by atoms with Crippen molar-refractivity contribution in [3.05, 3.63) is 65.7 Å². The highest BCUT2D eigenvalue weighted by molar-refractivity contribution is 5.93. The molecule has 9 heteroatoms. The minimum atomic E-state index is -4.82. The molecule has 0 saturated heterocycles. The van der Waals surface area contributed by atoms with Crippen molar-refractivity contribution < 1.29 is 27.5 Å². The summed E-state index contributed by atoms with van der Waals surface area (Å²) in [4.78, 5) is 25.6. The highest BCUT2D eigenvalue weighted by Crippen LogP contribution is 2.26. The van der Waals surface area contributed by atoms with E-state index < -0.39 is 18.0 Å². The number of likely N-dealkylation sites (N-methyl/N-ethyl adjacent to an activating group) is 1. The number of amides is 2. The van der Waals surface area contributed by atoms with Crippen molar-refractivity contribution in [1.29, 1.82) is 0 Å². The lowest BCUT2D eigenvalue weighted by atomic mass is 10.2. The fraction of sp³-hybridized carbons (Fsp3) is 0.238. The fourth-order valence-electron chi connectivity index (χ4n) is 2.50. The van der Waals surface area contributed by atoms with E-state index >= 15 is 0 Å². The number of ether oxygens (including phenoxy) is 1. The van der Waals surface area contributed by atoms with Crippen LogP contribution in [0.3, 0.4) is 0 Å². The Bertz CT molecular complexity index is 912. The standard InChI is InChI=1S/C21H22F3N3O3/c1-27(2)14-20(29)26-17-8-5-6-15(12-17)13-25-19(28)11-10-16-7-3-4-9-18(16)30-21(22,23)24/h3-12H,13-14H2,1-2H3,(H,25,28)(H,26,29). The molecule has 0 aliphatic heterocycles. The van der Waals surface area contributed by atoms with Crippen LogP contribution in [0.1, 0.15) is 11.1 Å². The Morgan fingerprint density at radius 3 is 2.53 bits per heavy atom. The van der Waals surface area contributed by atoms with Gasteiger partial charge in [0.05, 0.1) is 6.54 Å². The molecule has 2 amide bonds. The Morgan fingerprint density at radius 2 is 1.83 bits per heavy atom. The topological polar surface area (TPSA) is 70.7 Å². The van der Waals surface area contributed by atoms with Crippen molar-refractivity contribution in [1.82, 2.24) is 10.2 Å². The maximum atomic E-state index is 12.4. The third kappa shape index (κ3) is 8.36. The van der Waals surface area contributed by atoms with Gasteiger partial charge >= 0.3 is 6.36 Å². The molecule has 0 atom stereocenters. The third-order valence-electron chi connectivity index (χ3n) is 3.70. The van der Waals surface area contributed by atoms with Crippen LogP contribution in [-0.4, -0.2) is 43.7 Å². The van der Waals surface area contributed by atoms with Crippen molar-refractivity contribution in [3.8, 4) is 5.75 Å². The van der Waals surface area contributed by atoms with Gasteiger partial charge in [-0.3, -0.25) is 9.59 Å². The maximum absolute atomic E-state index is 12.4. The molecule has 0 radical (unpaired) electrons. The Kier molecular flexibility index (Phi) is 7.99. The van der Waals surface area contributed by atoms with Crippen LogP contribution in [0.4, 0.5) is 18.9 Å². The molecular formula is C21H22F3N3O3. The lowest BCUT2D eigenvalue weighted by Gasteiger charge is -2.11. The second kappa shape index (κ2) is 10.4. The van der Waals surface area contributed by atoms with Crippen molar-refractivity contribution in [3.63, 3.8) is 0 Å². The van der Waals surface area contributed by atoms with Gasteiger partial charge in [-0.05, 0) is 43.9 Å². The summed E-state index contributed by atoms with van der Waals surface area (Å²) in [5, 5.41) is 5.40. The van der Waals surface area contributed by atoms with Crippen LogP contribution in [0.2, 0.25) is 0 Å². The predicted molar refractivity (Wildman–Crippen MR) is 108 cm³/mol. The van der Waals surface area contributed by atoms with E-state index in [1.165, 1.54) is 30.3 Å². The highest BCUT2D eigenvalue weighted by atomic mass is 19.4. The van der Waals surface area contributed by atoms with Gasteiger partial charge in [-0.2, -0.15) is 0 Å². The summed E-state index contributed by atoms with van der Waals surface area (Å²) in [5.74, 6) is -1.04. The van der Waals surface area contributed by atoms with Crippen LogP contribution < -0.4 is 15.4 Å². The molecule has 0 bridgehead atoms. The van der Waals surface area contributed by atoms with E-state index in [0.717, 1.165) is 11.6 Å². The van der Waals surface area contributed by atoms with Gasteiger partial charge in [-0.1, -0.05) is 30.3 Å². The molecule has 2 rings (SSSR count). The molecule has 0 spiro atoms. The highest BCUT2D eigenvalue weighted by Gasteiger charge is 2.31. The number of nitrogens with zero attached hydrogens (tertiary/aromatic N) is 1. The number of carbonyl (C=O) groups excluding carboxylic acids is 2. The van der Waals surface area contributed by atoms with Crippen molar-refractivity contribution >= 4 is 23.6 Å². The molecule has 160 valence electrons. The van der Waals surface area contributed by atoms with Crippen molar-refractivity contribution in [2.75, 3.05) is 26.0 Å². The quantitative estimate of drug-likeness (QED) is 0.641. The molecular weight excluding hydrogens is 399 g/mol. The monoisotopic (exact) mass is 421 g/mol. The van der Waals surface area contributed by atoms with E-state index in [9.17, 15) is 22.8 Å². The van der Waals surface area contributed by atoms with E-state index in [-0.39, 0.29) is 24.6 Å². The molecule has 0 fully saturated rings. The molecule has 0 aliphatic rings. The second-order valence-corrected chi connectivity index (χ2v) is 6.62. The van der Waals surface area contributed by atoms with Gasteiger partial charge in [-0.25, -0.2) is 0 Å². The van der Waals surface area contributed by atoms with Gasteiger partial charge in [0.25, 0.3) is 0 Å². The summed E-state index contributed by atoms with van der Waals surface area (Å²) in [6.07, 6.45) is -2.45. The number of rotatable bonds is 8. The van der Waals surface area contributed by atoms with Crippen LogP contribution in [-0.2, 0) is 16.1 Å². The average molecular weight is 421 g/mol. The minimum absolute atomic E-state index is 0.121. The largest absolute Gasteiger partial charge is 0.573 e. The predicted octanol–water partition coefficient (Wildman–Crippen LogP) is 3.41. The first kappa shape index (κ1) is 23.0. The molecule has 0 heterocycles. The summed E-state index contributed by atoms with van der Waals surface area (Å²) in [6, 6.07) is 12.5. The first-order valence-corrected chi connectivity index (χ1v) is 8.96. The number of carbonyl (C=O) groups is 2. The second-order valence-electron chi connectivity index (χ2n) is 6.62.